The van der Waals surface area contributed by atoms with Gasteiger partial charge in [-0.25, -0.2) is 5.43 Å². The Bertz CT molecular complexity index is 975. The zero-order valence-electron chi connectivity index (χ0n) is 12.0. The van der Waals surface area contributed by atoms with Gasteiger partial charge in [0.25, 0.3) is 5.91 Å². The molecule has 0 aliphatic carbocycles. The molecule has 3 aromatic rings. The van der Waals surface area contributed by atoms with Crippen molar-refractivity contribution in [1.82, 2.24) is 5.43 Å². The van der Waals surface area contributed by atoms with Crippen molar-refractivity contribution < 1.29 is 9.21 Å². The van der Waals surface area contributed by atoms with Crippen molar-refractivity contribution in [1.29, 1.82) is 0 Å². The van der Waals surface area contributed by atoms with Crippen molar-refractivity contribution in [3.63, 3.8) is 0 Å². The molecule has 1 N–H and O–H groups in total. The fourth-order valence-electron chi connectivity index (χ4n) is 1.99. The number of benzene rings is 1. The minimum atomic E-state index is -0.334. The van der Waals surface area contributed by atoms with E-state index in [4.69, 9.17) is 16.0 Å². The lowest BCUT2D eigenvalue weighted by atomic mass is 10.2. The average Bonchev–Trinajstić information content (AvgIpc) is 2.96. The standard InChI is InChI=1S/C16H11ClN2O3S/c1-9-4-10(8-23-9)16(21)19-18-6-11-7-22-14-3-2-12(17)5-13(14)15(11)20/h2-8H,1H3,(H,19,21)/b18-6-. The quantitative estimate of drug-likeness (QED) is 0.582. The Kier molecular flexibility index (Phi) is 4.27. The van der Waals surface area contributed by atoms with E-state index in [-0.39, 0.29) is 16.9 Å². The van der Waals surface area contributed by atoms with Gasteiger partial charge in [0.1, 0.15) is 11.8 Å². The van der Waals surface area contributed by atoms with E-state index in [1.807, 2.05) is 6.92 Å². The maximum absolute atomic E-state index is 12.3. The van der Waals surface area contributed by atoms with Crippen LogP contribution in [0.5, 0.6) is 0 Å². The van der Waals surface area contributed by atoms with E-state index in [2.05, 4.69) is 10.5 Å². The first-order valence-electron chi connectivity index (χ1n) is 6.64. The molecular formula is C16H11ClN2O3S. The van der Waals surface area contributed by atoms with Crippen molar-refractivity contribution >= 4 is 46.0 Å². The molecular weight excluding hydrogens is 336 g/mol. The minimum absolute atomic E-state index is 0.224. The number of hydrogen-bond donors (Lipinski definition) is 1. The zero-order chi connectivity index (χ0) is 16.4. The van der Waals surface area contributed by atoms with Crippen molar-refractivity contribution in [3.05, 3.63) is 67.2 Å². The van der Waals surface area contributed by atoms with Crippen molar-refractivity contribution in [2.45, 2.75) is 6.92 Å². The molecule has 0 saturated heterocycles. The average molecular weight is 347 g/mol. The molecule has 5 nitrogen and oxygen atoms in total. The molecule has 0 spiro atoms. The fraction of sp³-hybridized carbons (Fsp3) is 0.0625. The zero-order valence-corrected chi connectivity index (χ0v) is 13.6. The van der Waals surface area contributed by atoms with Crippen LogP contribution in [0.2, 0.25) is 5.02 Å². The Labute approximate surface area is 140 Å². The number of rotatable bonds is 3. The normalized spacial score (nSPS) is 11.2. The smallest absolute Gasteiger partial charge is 0.272 e. The number of nitrogens with zero attached hydrogens (tertiary/aromatic N) is 1. The second-order valence-corrected chi connectivity index (χ2v) is 6.36. The molecule has 116 valence electrons. The number of amides is 1. The predicted octanol–water partition coefficient (Wildman–Crippen LogP) is 3.58. The van der Waals surface area contributed by atoms with E-state index >= 15 is 0 Å². The van der Waals surface area contributed by atoms with Gasteiger partial charge in [0, 0.05) is 15.3 Å². The van der Waals surface area contributed by atoms with E-state index in [0.29, 0.717) is 21.6 Å². The lowest BCUT2D eigenvalue weighted by Crippen LogP contribution is -2.18. The van der Waals surface area contributed by atoms with Gasteiger partial charge in [-0.3, -0.25) is 9.59 Å². The highest BCUT2D eigenvalue weighted by Crippen LogP contribution is 2.16. The van der Waals surface area contributed by atoms with Crippen LogP contribution in [0.25, 0.3) is 11.0 Å². The van der Waals surface area contributed by atoms with Gasteiger partial charge >= 0.3 is 0 Å². The topological polar surface area (TPSA) is 71.7 Å². The van der Waals surface area contributed by atoms with Crippen LogP contribution in [0, 0.1) is 6.92 Å². The summed E-state index contributed by atoms with van der Waals surface area (Å²) in [5.41, 5.74) is 3.30. The van der Waals surface area contributed by atoms with Gasteiger partial charge in [-0.2, -0.15) is 5.10 Å². The van der Waals surface area contributed by atoms with Crippen LogP contribution in [0.1, 0.15) is 20.8 Å². The highest BCUT2D eigenvalue weighted by atomic mass is 35.5. The van der Waals surface area contributed by atoms with Gasteiger partial charge in [0.05, 0.1) is 22.7 Å². The number of hydrogen-bond acceptors (Lipinski definition) is 5. The molecule has 23 heavy (non-hydrogen) atoms. The number of carbonyl (C=O) groups is 1. The first kappa shape index (κ1) is 15.5. The Morgan fingerprint density at radius 2 is 2.22 bits per heavy atom. The summed E-state index contributed by atoms with van der Waals surface area (Å²) in [6.07, 6.45) is 2.55. The van der Waals surface area contributed by atoms with Crippen LogP contribution in [-0.4, -0.2) is 12.1 Å². The highest BCUT2D eigenvalue weighted by Gasteiger charge is 2.08. The van der Waals surface area contributed by atoms with Gasteiger partial charge in [-0.05, 0) is 31.2 Å². The van der Waals surface area contributed by atoms with E-state index in [1.54, 1.807) is 23.6 Å². The number of aryl methyl sites for hydroxylation is 1. The lowest BCUT2D eigenvalue weighted by molar-refractivity contribution is 0.0955. The summed E-state index contributed by atoms with van der Waals surface area (Å²) >= 11 is 7.37. The molecule has 0 bridgehead atoms. The van der Waals surface area contributed by atoms with Gasteiger partial charge in [0.15, 0.2) is 0 Å². The Hall–Kier alpha value is -2.44. The van der Waals surface area contributed by atoms with Crippen molar-refractivity contribution in [2.24, 2.45) is 5.10 Å². The number of nitrogens with one attached hydrogen (secondary N) is 1. The summed E-state index contributed by atoms with van der Waals surface area (Å²) in [6.45, 7) is 1.91. The number of halogens is 1. The first-order valence-corrected chi connectivity index (χ1v) is 7.90. The molecule has 2 heterocycles. The molecule has 7 heteroatoms. The monoisotopic (exact) mass is 346 g/mol. The second kappa shape index (κ2) is 6.36. The molecule has 3 rings (SSSR count). The summed E-state index contributed by atoms with van der Waals surface area (Å²) in [5, 5.41) is 6.35. The van der Waals surface area contributed by atoms with E-state index in [1.165, 1.54) is 29.9 Å². The lowest BCUT2D eigenvalue weighted by Gasteiger charge is -1.99. The van der Waals surface area contributed by atoms with Crippen LogP contribution in [0.4, 0.5) is 0 Å². The maximum Gasteiger partial charge on any atom is 0.272 e. The van der Waals surface area contributed by atoms with Crippen molar-refractivity contribution in [2.75, 3.05) is 0 Å². The van der Waals surface area contributed by atoms with E-state index in [9.17, 15) is 9.59 Å². The van der Waals surface area contributed by atoms with Crippen LogP contribution < -0.4 is 10.9 Å². The molecule has 0 atom stereocenters. The number of thiophene rings is 1. The van der Waals surface area contributed by atoms with E-state index < -0.39 is 0 Å². The largest absolute Gasteiger partial charge is 0.463 e. The molecule has 0 radical (unpaired) electrons. The number of carbonyl (C=O) groups excluding carboxylic acids is 1. The third kappa shape index (κ3) is 3.33. The predicted molar refractivity (Wildman–Crippen MR) is 91.6 cm³/mol. The second-order valence-electron chi connectivity index (χ2n) is 4.81. The molecule has 2 aromatic heterocycles. The highest BCUT2D eigenvalue weighted by molar-refractivity contribution is 7.10. The molecule has 0 fully saturated rings. The summed E-state index contributed by atoms with van der Waals surface area (Å²) in [7, 11) is 0. The van der Waals surface area contributed by atoms with Gasteiger partial charge in [-0.15, -0.1) is 11.3 Å². The van der Waals surface area contributed by atoms with Crippen LogP contribution in [0.3, 0.4) is 0 Å². The van der Waals surface area contributed by atoms with Crippen LogP contribution >= 0.6 is 22.9 Å². The summed E-state index contributed by atoms with van der Waals surface area (Å²) < 4.78 is 5.36. The third-order valence-corrected chi connectivity index (χ3v) is 4.22. The molecule has 0 aliphatic rings. The van der Waals surface area contributed by atoms with Crippen LogP contribution in [0.15, 0.2) is 50.2 Å². The minimum Gasteiger partial charge on any atom is -0.463 e. The van der Waals surface area contributed by atoms with Crippen LogP contribution in [-0.2, 0) is 0 Å². The van der Waals surface area contributed by atoms with Gasteiger partial charge < -0.3 is 4.42 Å². The summed E-state index contributed by atoms with van der Waals surface area (Å²) in [5.74, 6) is -0.334. The number of hydrazone groups is 1. The molecule has 0 unspecified atom stereocenters. The summed E-state index contributed by atoms with van der Waals surface area (Å²) in [4.78, 5) is 25.2. The Morgan fingerprint density at radius 3 is 2.96 bits per heavy atom. The molecule has 1 amide bonds. The first-order chi connectivity index (χ1) is 11.0. The fourth-order valence-corrected chi connectivity index (χ4v) is 2.85. The van der Waals surface area contributed by atoms with E-state index in [0.717, 1.165) is 4.88 Å². The molecule has 0 aliphatic heterocycles. The third-order valence-electron chi connectivity index (χ3n) is 3.12. The van der Waals surface area contributed by atoms with Crippen molar-refractivity contribution in [3.8, 4) is 0 Å². The Morgan fingerprint density at radius 1 is 1.39 bits per heavy atom. The summed E-state index contributed by atoms with van der Waals surface area (Å²) in [6, 6.07) is 6.57. The van der Waals surface area contributed by atoms with Gasteiger partial charge in [-0.1, -0.05) is 11.6 Å². The Balaban J connectivity index is 1.82. The number of fused-ring (bicyclic) bond motifs is 1. The SMILES string of the molecule is Cc1cc(C(=O)N/N=C\c2coc3ccc(Cl)cc3c2=O)cs1. The molecule has 1 aromatic carbocycles. The molecule has 0 saturated carbocycles. The maximum atomic E-state index is 12.3. The van der Waals surface area contributed by atoms with Gasteiger partial charge in [0.2, 0.25) is 5.43 Å².